The van der Waals surface area contributed by atoms with E-state index in [9.17, 15) is 23.4 Å². The molecule has 0 saturated carbocycles. The number of rotatable bonds is 3. The maximum absolute atomic E-state index is 12.8. The van der Waals surface area contributed by atoms with Crippen LogP contribution in [0.3, 0.4) is 0 Å². The molecule has 0 aromatic heterocycles. The Morgan fingerprint density at radius 2 is 1.71 bits per heavy atom. The number of benzene rings is 1. The number of halogens is 3. The van der Waals surface area contributed by atoms with Crippen molar-refractivity contribution in [1.82, 2.24) is 0 Å². The van der Waals surface area contributed by atoms with Crippen molar-refractivity contribution in [2.45, 2.75) is 45.1 Å². The smallest absolute Gasteiger partial charge is 0.492 e. The zero-order chi connectivity index (χ0) is 18.3. The van der Waals surface area contributed by atoms with Crippen LogP contribution in [0.4, 0.5) is 13.2 Å². The predicted molar refractivity (Wildman–Crippen MR) is 84.3 cm³/mol. The molecule has 2 rings (SSSR count). The Labute approximate surface area is 139 Å². The van der Waals surface area contributed by atoms with Gasteiger partial charge in [-0.15, -0.1) is 0 Å². The SMILES string of the molecule is CC1(C)OB(C(=Cc2cc(C(F)(F)F)ccc2O)CO)OC1(C)C. The van der Waals surface area contributed by atoms with Gasteiger partial charge in [-0.05, 0) is 51.4 Å². The summed E-state index contributed by atoms with van der Waals surface area (Å²) in [4.78, 5) is 0. The maximum Gasteiger partial charge on any atom is 0.492 e. The summed E-state index contributed by atoms with van der Waals surface area (Å²) < 4.78 is 50.0. The fourth-order valence-electron chi connectivity index (χ4n) is 2.23. The molecule has 1 aliphatic rings. The van der Waals surface area contributed by atoms with Crippen LogP contribution in [0.5, 0.6) is 5.75 Å². The average Bonchev–Trinajstić information content (AvgIpc) is 2.65. The summed E-state index contributed by atoms with van der Waals surface area (Å²) in [5, 5.41) is 19.4. The minimum Gasteiger partial charge on any atom is -0.507 e. The quantitative estimate of drug-likeness (QED) is 0.825. The van der Waals surface area contributed by atoms with Crippen molar-refractivity contribution in [3.05, 3.63) is 34.8 Å². The van der Waals surface area contributed by atoms with Crippen LogP contribution in [0.2, 0.25) is 0 Å². The Hall–Kier alpha value is -1.51. The van der Waals surface area contributed by atoms with Gasteiger partial charge in [-0.1, -0.05) is 6.08 Å². The van der Waals surface area contributed by atoms with E-state index in [4.69, 9.17) is 9.31 Å². The number of aromatic hydroxyl groups is 1. The van der Waals surface area contributed by atoms with Gasteiger partial charge in [0.2, 0.25) is 0 Å². The number of hydrogen-bond donors (Lipinski definition) is 2. The predicted octanol–water partition coefficient (Wildman–Crippen LogP) is 3.42. The molecule has 0 atom stereocenters. The van der Waals surface area contributed by atoms with Gasteiger partial charge in [0.25, 0.3) is 0 Å². The lowest BCUT2D eigenvalue weighted by molar-refractivity contribution is -0.137. The lowest BCUT2D eigenvalue weighted by atomic mass is 9.77. The highest BCUT2D eigenvalue weighted by molar-refractivity contribution is 6.55. The third-order valence-electron chi connectivity index (χ3n) is 4.43. The molecule has 1 heterocycles. The Morgan fingerprint density at radius 3 is 2.17 bits per heavy atom. The van der Waals surface area contributed by atoms with Crippen LogP contribution >= 0.6 is 0 Å². The van der Waals surface area contributed by atoms with Gasteiger partial charge in [-0.25, -0.2) is 0 Å². The first-order valence-corrected chi connectivity index (χ1v) is 7.44. The number of aliphatic hydroxyl groups is 1. The van der Waals surface area contributed by atoms with Crippen molar-refractivity contribution < 1.29 is 32.7 Å². The van der Waals surface area contributed by atoms with E-state index in [0.29, 0.717) is 0 Å². The van der Waals surface area contributed by atoms with E-state index in [1.165, 1.54) is 6.08 Å². The third kappa shape index (κ3) is 3.60. The molecule has 1 aliphatic heterocycles. The van der Waals surface area contributed by atoms with Crippen LogP contribution in [0.1, 0.15) is 38.8 Å². The Kier molecular flexibility index (Phi) is 4.78. The van der Waals surface area contributed by atoms with Crippen molar-refractivity contribution >= 4 is 13.2 Å². The fourth-order valence-corrected chi connectivity index (χ4v) is 2.23. The summed E-state index contributed by atoms with van der Waals surface area (Å²) in [6, 6.07) is 2.57. The molecule has 1 saturated heterocycles. The lowest BCUT2D eigenvalue weighted by Gasteiger charge is -2.32. The Bertz CT molecular complexity index is 637. The minimum atomic E-state index is -4.53. The van der Waals surface area contributed by atoms with Crippen molar-refractivity contribution in [3.8, 4) is 5.75 Å². The number of aliphatic hydroxyl groups excluding tert-OH is 1. The van der Waals surface area contributed by atoms with Crippen LogP contribution in [0.25, 0.3) is 6.08 Å². The second kappa shape index (κ2) is 6.09. The molecular weight excluding hydrogens is 324 g/mol. The highest BCUT2D eigenvalue weighted by atomic mass is 19.4. The summed E-state index contributed by atoms with van der Waals surface area (Å²) in [5.41, 5.74) is -2.03. The molecule has 1 aromatic rings. The zero-order valence-corrected chi connectivity index (χ0v) is 13.9. The molecule has 1 fully saturated rings. The molecule has 0 bridgehead atoms. The van der Waals surface area contributed by atoms with E-state index in [2.05, 4.69) is 0 Å². The van der Waals surface area contributed by atoms with Gasteiger partial charge in [-0.3, -0.25) is 0 Å². The van der Waals surface area contributed by atoms with Crippen molar-refractivity contribution in [2.75, 3.05) is 6.61 Å². The van der Waals surface area contributed by atoms with E-state index < -0.39 is 36.7 Å². The van der Waals surface area contributed by atoms with Gasteiger partial charge in [0.05, 0.1) is 23.4 Å². The fraction of sp³-hybridized carbons (Fsp3) is 0.500. The first-order chi connectivity index (χ1) is 10.9. The molecule has 4 nitrogen and oxygen atoms in total. The second-order valence-electron chi connectivity index (χ2n) is 6.74. The summed E-state index contributed by atoms with van der Waals surface area (Å²) in [6.45, 7) is 6.81. The van der Waals surface area contributed by atoms with Gasteiger partial charge in [-0.2, -0.15) is 13.2 Å². The molecule has 0 radical (unpaired) electrons. The van der Waals surface area contributed by atoms with Gasteiger partial charge in [0.1, 0.15) is 5.75 Å². The first kappa shape index (κ1) is 18.8. The van der Waals surface area contributed by atoms with Crippen molar-refractivity contribution in [1.29, 1.82) is 0 Å². The minimum absolute atomic E-state index is 0.0661. The average molecular weight is 344 g/mol. The number of phenols is 1. The maximum atomic E-state index is 12.8. The molecule has 0 aliphatic carbocycles. The van der Waals surface area contributed by atoms with Gasteiger partial charge in [0, 0.05) is 5.56 Å². The molecule has 132 valence electrons. The second-order valence-corrected chi connectivity index (χ2v) is 6.74. The Balaban J connectivity index is 2.39. The molecule has 2 N–H and O–H groups in total. The number of alkyl halides is 3. The molecule has 8 heteroatoms. The lowest BCUT2D eigenvalue weighted by Crippen LogP contribution is -2.41. The van der Waals surface area contributed by atoms with E-state index in [0.717, 1.165) is 18.2 Å². The normalized spacial score (nSPS) is 20.5. The first-order valence-electron chi connectivity index (χ1n) is 7.44. The summed E-state index contributed by atoms with van der Waals surface area (Å²) >= 11 is 0. The largest absolute Gasteiger partial charge is 0.507 e. The van der Waals surface area contributed by atoms with E-state index in [1.807, 2.05) is 27.7 Å². The highest BCUT2D eigenvalue weighted by Gasteiger charge is 2.52. The summed E-state index contributed by atoms with van der Waals surface area (Å²) in [6.07, 6.45) is -3.27. The van der Waals surface area contributed by atoms with Crippen LogP contribution in [0, 0.1) is 0 Å². The van der Waals surface area contributed by atoms with Crippen LogP contribution in [0.15, 0.2) is 23.7 Å². The molecule has 0 amide bonds. The van der Waals surface area contributed by atoms with Crippen molar-refractivity contribution in [2.24, 2.45) is 0 Å². The summed E-state index contributed by atoms with van der Waals surface area (Å²) in [5.74, 6) is -0.328. The van der Waals surface area contributed by atoms with Crippen molar-refractivity contribution in [3.63, 3.8) is 0 Å². The van der Waals surface area contributed by atoms with E-state index in [-0.39, 0.29) is 16.8 Å². The van der Waals surface area contributed by atoms with E-state index >= 15 is 0 Å². The summed E-state index contributed by atoms with van der Waals surface area (Å²) in [7, 11) is -0.908. The molecule has 0 spiro atoms. The molecule has 1 aromatic carbocycles. The third-order valence-corrected chi connectivity index (χ3v) is 4.43. The van der Waals surface area contributed by atoms with Crippen LogP contribution in [-0.2, 0) is 15.5 Å². The van der Waals surface area contributed by atoms with E-state index in [1.54, 1.807) is 0 Å². The zero-order valence-electron chi connectivity index (χ0n) is 13.9. The van der Waals surface area contributed by atoms with Gasteiger partial charge >= 0.3 is 13.3 Å². The Morgan fingerprint density at radius 1 is 1.17 bits per heavy atom. The molecule has 24 heavy (non-hydrogen) atoms. The molecule has 0 unspecified atom stereocenters. The topological polar surface area (TPSA) is 58.9 Å². The van der Waals surface area contributed by atoms with Gasteiger partial charge < -0.3 is 19.5 Å². The number of phenolic OH excluding ortho intramolecular Hbond substituents is 1. The monoisotopic (exact) mass is 344 g/mol. The number of hydrogen-bond acceptors (Lipinski definition) is 4. The highest BCUT2D eigenvalue weighted by Crippen LogP contribution is 2.39. The molecular formula is C16H20BF3O4. The standard InChI is InChI=1S/C16H20BF3O4/c1-14(2)15(3,4)24-17(23-14)12(9-21)8-10-7-11(16(18,19)20)5-6-13(10)22/h5-8,21-22H,9H2,1-4H3. The van der Waals surface area contributed by atoms with Gasteiger partial charge in [0.15, 0.2) is 0 Å². The van der Waals surface area contributed by atoms with Crippen LogP contribution in [-0.4, -0.2) is 35.1 Å². The van der Waals surface area contributed by atoms with Crippen LogP contribution < -0.4 is 0 Å².